The number of benzene rings is 1. The highest BCUT2D eigenvalue weighted by atomic mass is 16.4. The van der Waals surface area contributed by atoms with Gasteiger partial charge in [-0.15, -0.1) is 0 Å². The second-order valence-electron chi connectivity index (χ2n) is 6.24. The van der Waals surface area contributed by atoms with E-state index in [-0.39, 0.29) is 5.91 Å². The summed E-state index contributed by atoms with van der Waals surface area (Å²) in [4.78, 5) is 37.1. The fraction of sp³-hybridized carbons (Fsp3) is 0.471. The molecular formula is C17H20N2O4. The zero-order valence-electron chi connectivity index (χ0n) is 12.8. The van der Waals surface area contributed by atoms with Gasteiger partial charge < -0.3 is 15.3 Å². The molecule has 6 nitrogen and oxygen atoms in total. The highest BCUT2D eigenvalue weighted by Crippen LogP contribution is 2.33. The highest BCUT2D eigenvalue weighted by molar-refractivity contribution is 6.00. The van der Waals surface area contributed by atoms with Gasteiger partial charge in [0.05, 0.1) is 0 Å². The van der Waals surface area contributed by atoms with Crippen molar-refractivity contribution in [1.82, 2.24) is 5.32 Å². The highest BCUT2D eigenvalue weighted by Gasteiger charge is 2.30. The van der Waals surface area contributed by atoms with Crippen LogP contribution in [0.25, 0.3) is 0 Å². The van der Waals surface area contributed by atoms with Crippen LogP contribution in [0.2, 0.25) is 0 Å². The van der Waals surface area contributed by atoms with Crippen LogP contribution in [-0.2, 0) is 9.59 Å². The van der Waals surface area contributed by atoms with Crippen LogP contribution >= 0.6 is 0 Å². The van der Waals surface area contributed by atoms with Crippen LogP contribution in [0.5, 0.6) is 0 Å². The van der Waals surface area contributed by atoms with Crippen molar-refractivity contribution in [3.63, 3.8) is 0 Å². The van der Waals surface area contributed by atoms with Crippen molar-refractivity contribution in [2.45, 2.75) is 38.1 Å². The molecule has 1 aliphatic heterocycles. The molecule has 0 aromatic heterocycles. The Labute approximate surface area is 134 Å². The molecular weight excluding hydrogens is 296 g/mol. The third kappa shape index (κ3) is 3.70. The van der Waals surface area contributed by atoms with Crippen molar-refractivity contribution in [1.29, 1.82) is 0 Å². The van der Waals surface area contributed by atoms with Crippen LogP contribution in [0.1, 0.15) is 42.5 Å². The molecule has 2 aliphatic rings. The van der Waals surface area contributed by atoms with Gasteiger partial charge >= 0.3 is 5.97 Å². The Hall–Kier alpha value is -2.37. The van der Waals surface area contributed by atoms with Crippen LogP contribution in [0, 0.1) is 5.92 Å². The first kappa shape index (κ1) is 15.5. The van der Waals surface area contributed by atoms with E-state index in [1.165, 1.54) is 0 Å². The summed E-state index contributed by atoms with van der Waals surface area (Å²) < 4.78 is 0. The van der Waals surface area contributed by atoms with Crippen molar-refractivity contribution in [3.8, 4) is 0 Å². The van der Waals surface area contributed by atoms with E-state index in [9.17, 15) is 19.5 Å². The molecule has 0 bridgehead atoms. The number of nitrogens with one attached hydrogen (secondary N) is 1. The first-order valence-electron chi connectivity index (χ1n) is 7.98. The smallest absolute Gasteiger partial charge is 0.326 e. The van der Waals surface area contributed by atoms with Crippen LogP contribution in [0.15, 0.2) is 24.3 Å². The molecule has 1 saturated heterocycles. The largest absolute Gasteiger partial charge is 0.480 e. The van der Waals surface area contributed by atoms with Gasteiger partial charge in [0.2, 0.25) is 5.91 Å². The number of anilines is 1. The third-order valence-electron chi connectivity index (χ3n) is 4.36. The lowest BCUT2D eigenvalue weighted by molar-refractivity contribution is -0.139. The summed E-state index contributed by atoms with van der Waals surface area (Å²) in [5.41, 5.74) is 1.07. The van der Waals surface area contributed by atoms with E-state index >= 15 is 0 Å². The Morgan fingerprint density at radius 3 is 2.74 bits per heavy atom. The van der Waals surface area contributed by atoms with Gasteiger partial charge in [0.25, 0.3) is 5.91 Å². The molecule has 122 valence electrons. The third-order valence-corrected chi connectivity index (χ3v) is 4.36. The fourth-order valence-corrected chi connectivity index (χ4v) is 2.89. The Bertz CT molecular complexity index is 639. The zero-order valence-corrected chi connectivity index (χ0v) is 12.8. The predicted molar refractivity (Wildman–Crippen MR) is 84.3 cm³/mol. The van der Waals surface area contributed by atoms with Gasteiger partial charge in [0.1, 0.15) is 6.04 Å². The van der Waals surface area contributed by atoms with Gasteiger partial charge in [-0.3, -0.25) is 9.59 Å². The minimum absolute atomic E-state index is 0.0553. The van der Waals surface area contributed by atoms with E-state index in [1.54, 1.807) is 29.2 Å². The van der Waals surface area contributed by atoms with E-state index in [2.05, 4.69) is 5.32 Å². The monoisotopic (exact) mass is 316 g/mol. The number of carboxylic acids is 1. The summed E-state index contributed by atoms with van der Waals surface area (Å²) in [5.74, 6) is -0.952. The molecule has 1 aromatic carbocycles. The Kier molecular flexibility index (Phi) is 4.32. The molecule has 2 N–H and O–H groups in total. The number of nitrogens with zero attached hydrogens (tertiary/aromatic N) is 1. The molecule has 0 spiro atoms. The van der Waals surface area contributed by atoms with E-state index in [4.69, 9.17) is 0 Å². The lowest BCUT2D eigenvalue weighted by Crippen LogP contribution is -2.41. The normalized spacial score (nSPS) is 18.8. The first-order valence-corrected chi connectivity index (χ1v) is 7.98. The van der Waals surface area contributed by atoms with E-state index in [1.807, 2.05) is 0 Å². The summed E-state index contributed by atoms with van der Waals surface area (Å²) in [6.07, 6.45) is 3.89. The lowest BCUT2D eigenvalue weighted by Gasteiger charge is -2.18. The van der Waals surface area contributed by atoms with Crippen molar-refractivity contribution < 1.29 is 19.5 Å². The maximum Gasteiger partial charge on any atom is 0.326 e. The number of hydrogen-bond donors (Lipinski definition) is 2. The summed E-state index contributed by atoms with van der Waals surface area (Å²) >= 11 is 0. The van der Waals surface area contributed by atoms with Crippen LogP contribution in [-0.4, -0.2) is 35.5 Å². The molecule has 1 aliphatic carbocycles. The topological polar surface area (TPSA) is 86.7 Å². The van der Waals surface area contributed by atoms with Gasteiger partial charge in [0.15, 0.2) is 0 Å². The first-order chi connectivity index (χ1) is 11.0. The number of carbonyl (C=O) groups excluding carboxylic acids is 2. The molecule has 1 unspecified atom stereocenters. The molecule has 1 heterocycles. The standard InChI is InChI=1S/C17H20N2O4/c20-15-5-2-8-19(15)13-4-1-3-12(10-13)16(21)18-14(17(22)23)9-11-6-7-11/h1,3-4,10-11,14H,2,5-9H2,(H,18,21)(H,22,23). The number of rotatable bonds is 6. The van der Waals surface area contributed by atoms with Gasteiger partial charge in [0, 0.05) is 24.2 Å². The summed E-state index contributed by atoms with van der Waals surface area (Å²) in [5, 5.41) is 11.8. The van der Waals surface area contributed by atoms with Crippen LogP contribution in [0.4, 0.5) is 5.69 Å². The number of carboxylic acid groups (broad SMARTS) is 1. The summed E-state index contributed by atoms with van der Waals surface area (Å²) in [6.45, 7) is 0.656. The van der Waals surface area contributed by atoms with Gasteiger partial charge in [-0.05, 0) is 37.0 Å². The quantitative estimate of drug-likeness (QED) is 0.838. The number of aliphatic carboxylic acids is 1. The minimum atomic E-state index is -1.00. The molecule has 6 heteroatoms. The van der Waals surface area contributed by atoms with Crippen molar-refractivity contribution in [2.24, 2.45) is 5.92 Å². The second kappa shape index (κ2) is 6.40. The molecule has 1 saturated carbocycles. The maximum atomic E-state index is 12.3. The Morgan fingerprint density at radius 2 is 2.13 bits per heavy atom. The molecule has 0 radical (unpaired) electrons. The van der Waals surface area contributed by atoms with Gasteiger partial charge in [-0.2, -0.15) is 0 Å². The maximum absolute atomic E-state index is 12.3. The van der Waals surface area contributed by atoms with Crippen molar-refractivity contribution in [3.05, 3.63) is 29.8 Å². The number of carbonyl (C=O) groups is 3. The van der Waals surface area contributed by atoms with E-state index < -0.39 is 17.9 Å². The minimum Gasteiger partial charge on any atom is -0.480 e. The molecule has 3 rings (SSSR count). The number of hydrogen-bond acceptors (Lipinski definition) is 3. The Balaban J connectivity index is 1.71. The molecule has 1 aromatic rings. The van der Waals surface area contributed by atoms with E-state index in [0.29, 0.717) is 36.6 Å². The summed E-state index contributed by atoms with van der Waals surface area (Å²) in [6, 6.07) is 5.93. The average Bonchev–Trinajstić information content (AvgIpc) is 3.25. The number of amides is 2. The fourth-order valence-electron chi connectivity index (χ4n) is 2.89. The SMILES string of the molecule is O=C(NC(CC1CC1)C(=O)O)c1cccc(N2CCCC2=O)c1. The molecule has 2 amide bonds. The zero-order chi connectivity index (χ0) is 16.4. The van der Waals surface area contributed by atoms with Crippen molar-refractivity contribution in [2.75, 3.05) is 11.4 Å². The average molecular weight is 316 g/mol. The lowest BCUT2D eigenvalue weighted by atomic mass is 10.1. The second-order valence-corrected chi connectivity index (χ2v) is 6.24. The van der Waals surface area contributed by atoms with Crippen LogP contribution < -0.4 is 10.2 Å². The summed E-state index contributed by atoms with van der Waals surface area (Å²) in [7, 11) is 0. The molecule has 23 heavy (non-hydrogen) atoms. The van der Waals surface area contributed by atoms with Gasteiger partial charge in [-0.1, -0.05) is 18.9 Å². The van der Waals surface area contributed by atoms with Crippen molar-refractivity contribution >= 4 is 23.5 Å². The molecule has 1 atom stereocenters. The van der Waals surface area contributed by atoms with Gasteiger partial charge in [-0.25, -0.2) is 4.79 Å². The molecule has 2 fully saturated rings. The predicted octanol–water partition coefficient (Wildman–Crippen LogP) is 1.80. The Morgan fingerprint density at radius 1 is 1.35 bits per heavy atom. The van der Waals surface area contributed by atoms with Crippen LogP contribution in [0.3, 0.4) is 0 Å². The van der Waals surface area contributed by atoms with E-state index in [0.717, 1.165) is 19.3 Å².